The largest absolute Gasteiger partial charge is 0.394 e. The maximum atomic E-state index is 12.4. The molecule has 61 heavy (non-hydrogen) atoms. The Morgan fingerprint density at radius 3 is 1.08 bits per heavy atom. The Hall–Kier alpha value is -2.69. The molecule has 0 bridgehead atoms. The lowest BCUT2D eigenvalue weighted by atomic mass is 10.0. The van der Waals surface area contributed by atoms with Crippen LogP contribution in [0.3, 0.4) is 0 Å². The van der Waals surface area contributed by atoms with Gasteiger partial charge in [-0.25, -0.2) is 0 Å². The fraction of sp³-hybridized carbons (Fsp3) is 0.702. The minimum atomic E-state index is -0.845. The van der Waals surface area contributed by atoms with Crippen LogP contribution in [0.15, 0.2) is 97.2 Å². The predicted molar refractivity (Wildman–Crippen MR) is 271 cm³/mol. The average Bonchev–Trinajstić information content (AvgIpc) is 3.26. The molecule has 0 aromatic rings. The van der Waals surface area contributed by atoms with E-state index >= 15 is 0 Å². The van der Waals surface area contributed by atoms with Crippen molar-refractivity contribution in [1.29, 1.82) is 0 Å². The van der Waals surface area contributed by atoms with Gasteiger partial charge in [-0.15, -0.1) is 0 Å². The molecule has 0 saturated carbocycles. The van der Waals surface area contributed by atoms with Crippen LogP contribution in [0.2, 0.25) is 0 Å². The van der Waals surface area contributed by atoms with Gasteiger partial charge in [-0.1, -0.05) is 252 Å². The number of amides is 1. The molecule has 1 amide bonds. The molecular formula is C57H99NO3. The van der Waals surface area contributed by atoms with Crippen LogP contribution in [0.4, 0.5) is 0 Å². The van der Waals surface area contributed by atoms with E-state index in [9.17, 15) is 15.0 Å². The van der Waals surface area contributed by atoms with Crippen molar-refractivity contribution in [3.8, 4) is 0 Å². The number of carbonyl (C=O) groups is 1. The number of carbonyl (C=O) groups excluding carboxylic acids is 1. The van der Waals surface area contributed by atoms with Crippen LogP contribution < -0.4 is 5.32 Å². The molecule has 4 heteroatoms. The van der Waals surface area contributed by atoms with E-state index in [-0.39, 0.29) is 12.5 Å². The minimum absolute atomic E-state index is 0.0705. The second-order valence-electron chi connectivity index (χ2n) is 17.2. The number of hydrogen-bond donors (Lipinski definition) is 3. The van der Waals surface area contributed by atoms with Crippen molar-refractivity contribution in [3.63, 3.8) is 0 Å². The number of aliphatic hydroxyl groups is 2. The molecule has 4 nitrogen and oxygen atoms in total. The van der Waals surface area contributed by atoms with Crippen LogP contribution in [0.25, 0.3) is 0 Å². The topological polar surface area (TPSA) is 69.6 Å². The van der Waals surface area contributed by atoms with E-state index in [1.807, 2.05) is 6.08 Å². The molecule has 0 saturated heterocycles. The first kappa shape index (κ1) is 58.3. The summed E-state index contributed by atoms with van der Waals surface area (Å²) >= 11 is 0. The Labute approximate surface area is 379 Å². The summed E-state index contributed by atoms with van der Waals surface area (Å²) in [5, 5.41) is 23.1. The Morgan fingerprint density at radius 2 is 0.721 bits per heavy atom. The highest BCUT2D eigenvalue weighted by Gasteiger charge is 2.18. The molecule has 2 unspecified atom stereocenters. The normalized spacial score (nSPS) is 13.7. The highest BCUT2D eigenvalue weighted by Crippen LogP contribution is 2.15. The molecule has 0 spiro atoms. The van der Waals surface area contributed by atoms with Crippen molar-refractivity contribution in [3.05, 3.63) is 97.2 Å². The average molecular weight is 846 g/mol. The molecule has 350 valence electrons. The van der Waals surface area contributed by atoms with Gasteiger partial charge in [0, 0.05) is 6.42 Å². The number of hydrogen-bond acceptors (Lipinski definition) is 3. The van der Waals surface area contributed by atoms with E-state index in [0.29, 0.717) is 6.42 Å². The Kier molecular flexibility index (Phi) is 49.4. The highest BCUT2D eigenvalue weighted by molar-refractivity contribution is 5.76. The highest BCUT2D eigenvalue weighted by atomic mass is 16.3. The molecule has 2 atom stereocenters. The quantitative estimate of drug-likeness (QED) is 0.0422. The van der Waals surface area contributed by atoms with Gasteiger partial charge in [0.05, 0.1) is 18.8 Å². The molecule has 0 aliphatic rings. The monoisotopic (exact) mass is 846 g/mol. The number of unbranched alkanes of at least 4 members (excludes halogenated alkanes) is 25. The fourth-order valence-corrected chi connectivity index (χ4v) is 7.39. The Balaban J connectivity index is 3.58. The van der Waals surface area contributed by atoms with Crippen LogP contribution in [-0.2, 0) is 4.79 Å². The summed E-state index contributed by atoms with van der Waals surface area (Å²) in [6.07, 6.45) is 76.8. The zero-order chi connectivity index (χ0) is 44.2. The van der Waals surface area contributed by atoms with Crippen molar-refractivity contribution < 1.29 is 15.0 Å². The van der Waals surface area contributed by atoms with Crippen LogP contribution in [0.1, 0.15) is 239 Å². The molecule has 0 aliphatic carbocycles. The van der Waals surface area contributed by atoms with Crippen LogP contribution in [0.5, 0.6) is 0 Å². The van der Waals surface area contributed by atoms with Gasteiger partial charge >= 0.3 is 0 Å². The second-order valence-corrected chi connectivity index (χ2v) is 17.2. The van der Waals surface area contributed by atoms with Gasteiger partial charge in [0.15, 0.2) is 0 Å². The SMILES string of the molecule is CC/C=C\C/C=C\C/C=C\C/C=C\C/C=C\C/C=C\C/C=C\CCCCCCCCCCCCCC(=O)NC(CO)C(O)/C=C/CCCCCCCCCCCCCCCC. The lowest BCUT2D eigenvalue weighted by Crippen LogP contribution is -2.45. The third kappa shape index (κ3) is 48.2. The van der Waals surface area contributed by atoms with Crippen LogP contribution >= 0.6 is 0 Å². The molecular weight excluding hydrogens is 747 g/mol. The van der Waals surface area contributed by atoms with Gasteiger partial charge in [0.1, 0.15) is 0 Å². The molecule has 0 aromatic carbocycles. The van der Waals surface area contributed by atoms with E-state index in [1.54, 1.807) is 6.08 Å². The van der Waals surface area contributed by atoms with Crippen molar-refractivity contribution in [2.45, 2.75) is 251 Å². The summed E-state index contributed by atoms with van der Waals surface area (Å²) in [7, 11) is 0. The predicted octanol–water partition coefficient (Wildman–Crippen LogP) is 17.0. The number of nitrogens with one attached hydrogen (secondary N) is 1. The molecule has 0 fully saturated rings. The Bertz CT molecular complexity index is 1140. The van der Waals surface area contributed by atoms with Gasteiger partial charge in [-0.3, -0.25) is 4.79 Å². The molecule has 0 aliphatic heterocycles. The molecule has 0 aromatic heterocycles. The maximum absolute atomic E-state index is 12.4. The first-order valence-corrected chi connectivity index (χ1v) is 26.0. The summed E-state index contributed by atoms with van der Waals surface area (Å²) in [5.41, 5.74) is 0. The van der Waals surface area contributed by atoms with Gasteiger partial charge in [-0.2, -0.15) is 0 Å². The summed E-state index contributed by atoms with van der Waals surface area (Å²) in [5.74, 6) is -0.0705. The van der Waals surface area contributed by atoms with Crippen molar-refractivity contribution in [1.82, 2.24) is 5.32 Å². The van der Waals surface area contributed by atoms with Gasteiger partial charge < -0.3 is 15.5 Å². The maximum Gasteiger partial charge on any atom is 0.220 e. The lowest BCUT2D eigenvalue weighted by Gasteiger charge is -2.20. The van der Waals surface area contributed by atoms with Gasteiger partial charge in [0.2, 0.25) is 5.91 Å². The first-order valence-electron chi connectivity index (χ1n) is 26.0. The fourth-order valence-electron chi connectivity index (χ4n) is 7.39. The summed E-state index contributed by atoms with van der Waals surface area (Å²) in [6.45, 7) is 4.19. The summed E-state index contributed by atoms with van der Waals surface area (Å²) in [4.78, 5) is 12.4. The zero-order valence-electron chi connectivity index (χ0n) is 40.2. The summed E-state index contributed by atoms with van der Waals surface area (Å²) in [6, 6.07) is -0.629. The van der Waals surface area contributed by atoms with E-state index in [0.717, 1.165) is 70.6 Å². The van der Waals surface area contributed by atoms with E-state index in [1.165, 1.54) is 148 Å². The Morgan fingerprint density at radius 1 is 0.410 bits per heavy atom. The van der Waals surface area contributed by atoms with Crippen LogP contribution in [-0.4, -0.2) is 34.9 Å². The number of aliphatic hydroxyl groups excluding tert-OH is 2. The second kappa shape index (κ2) is 51.7. The van der Waals surface area contributed by atoms with Crippen LogP contribution in [0, 0.1) is 0 Å². The van der Waals surface area contributed by atoms with Gasteiger partial charge in [0.25, 0.3) is 0 Å². The molecule has 0 heterocycles. The van der Waals surface area contributed by atoms with E-state index < -0.39 is 12.1 Å². The van der Waals surface area contributed by atoms with Crippen molar-refractivity contribution >= 4 is 5.91 Å². The zero-order valence-corrected chi connectivity index (χ0v) is 40.2. The smallest absolute Gasteiger partial charge is 0.220 e. The van der Waals surface area contributed by atoms with Crippen molar-refractivity contribution in [2.75, 3.05) is 6.61 Å². The summed E-state index contributed by atoms with van der Waals surface area (Å²) < 4.78 is 0. The number of rotatable bonds is 46. The molecule has 3 N–H and O–H groups in total. The lowest BCUT2D eigenvalue weighted by molar-refractivity contribution is -0.123. The van der Waals surface area contributed by atoms with E-state index in [4.69, 9.17) is 0 Å². The molecule has 0 radical (unpaired) electrons. The number of allylic oxidation sites excluding steroid dienone is 15. The van der Waals surface area contributed by atoms with E-state index in [2.05, 4.69) is 104 Å². The third-order valence-electron chi connectivity index (χ3n) is 11.3. The third-order valence-corrected chi connectivity index (χ3v) is 11.3. The minimum Gasteiger partial charge on any atom is -0.394 e. The first-order chi connectivity index (χ1) is 30.2. The van der Waals surface area contributed by atoms with Crippen molar-refractivity contribution in [2.24, 2.45) is 0 Å². The van der Waals surface area contributed by atoms with Gasteiger partial charge in [-0.05, 0) is 77.0 Å². The standard InChI is InChI=1S/C57H99NO3/c1-3-5-7-9-11-13-15-17-19-21-22-23-24-25-26-27-28-29-30-31-32-33-34-35-36-37-39-41-43-45-47-49-51-53-57(61)58-55(54-59)56(60)52-50-48-46-44-42-40-38-20-18-16-14-12-10-8-6-4-2/h5,7,11,13,17,19,22-23,25-26,28-29,31-32,50,52,55-56,59-60H,3-4,6,8-10,12,14-16,18,20-21,24,27,30,33-49,51,53-54H2,1-2H3,(H,58,61)/b7-5-,13-11-,19-17-,23-22-,26-25-,29-28-,32-31-,52-50+. The molecule has 0 rings (SSSR count).